The minimum Gasteiger partial charge on any atom is -0.389 e. The third-order valence-electron chi connectivity index (χ3n) is 8.00. The van der Waals surface area contributed by atoms with Crippen molar-refractivity contribution in [3.05, 3.63) is 12.3 Å². The van der Waals surface area contributed by atoms with Crippen molar-refractivity contribution in [2.24, 2.45) is 0 Å². The molecule has 6 nitrogen and oxygen atoms in total. The number of nitrogens with zero attached hydrogens (tertiary/aromatic N) is 2. The summed E-state index contributed by atoms with van der Waals surface area (Å²) in [5.74, 6) is 0.197. The van der Waals surface area contributed by atoms with Crippen LogP contribution in [0.3, 0.4) is 0 Å². The van der Waals surface area contributed by atoms with Crippen LogP contribution in [-0.4, -0.2) is 68.9 Å². The zero-order chi connectivity index (χ0) is 30.4. The molecular weight excluding hydrogens is 508 g/mol. The maximum Gasteiger partial charge on any atom is 0.222 e. The van der Waals surface area contributed by atoms with Gasteiger partial charge in [0, 0.05) is 45.2 Å². The van der Waals surface area contributed by atoms with Gasteiger partial charge in [-0.2, -0.15) is 0 Å². The molecule has 6 heteroatoms. The Labute approximate surface area is 255 Å². The number of likely N-dealkylation sites (N-methyl/N-ethyl adjacent to an activating group) is 1. The number of nitrogens with one attached hydrogen (secondary N) is 2. The van der Waals surface area contributed by atoms with E-state index in [-0.39, 0.29) is 11.8 Å². The van der Waals surface area contributed by atoms with E-state index in [2.05, 4.69) is 43.1 Å². The van der Waals surface area contributed by atoms with Gasteiger partial charge in [-0.3, -0.25) is 9.59 Å². The lowest BCUT2D eigenvalue weighted by molar-refractivity contribution is -0.130. The van der Waals surface area contributed by atoms with Gasteiger partial charge in [-0.1, -0.05) is 129 Å². The monoisotopic (exact) mass is 579 g/mol. The first-order valence-corrected chi connectivity index (χ1v) is 17.4. The molecule has 2 N–H and O–H groups in total. The minimum atomic E-state index is 0.0147. The number of rotatable bonds is 31. The first kappa shape index (κ1) is 39.4. The number of amides is 2. The topological polar surface area (TPSA) is 64.7 Å². The maximum absolute atomic E-state index is 12.4. The minimum absolute atomic E-state index is 0.0147. The maximum atomic E-state index is 12.4. The highest BCUT2D eigenvalue weighted by atomic mass is 16.2. The largest absolute Gasteiger partial charge is 0.389 e. The van der Waals surface area contributed by atoms with Gasteiger partial charge in [-0.25, -0.2) is 0 Å². The van der Waals surface area contributed by atoms with Crippen molar-refractivity contribution in [2.45, 2.75) is 155 Å². The normalized spacial score (nSPS) is 11.1. The molecule has 0 aromatic heterocycles. The molecule has 0 bridgehead atoms. The van der Waals surface area contributed by atoms with Crippen LogP contribution in [0.25, 0.3) is 0 Å². The van der Waals surface area contributed by atoms with E-state index in [0.717, 1.165) is 38.0 Å². The van der Waals surface area contributed by atoms with E-state index in [1.807, 2.05) is 7.05 Å². The summed E-state index contributed by atoms with van der Waals surface area (Å²) in [4.78, 5) is 28.4. The van der Waals surface area contributed by atoms with Crippen LogP contribution in [0.4, 0.5) is 0 Å². The second kappa shape index (κ2) is 29.9. The van der Waals surface area contributed by atoms with Crippen LogP contribution in [-0.2, 0) is 9.59 Å². The van der Waals surface area contributed by atoms with Crippen molar-refractivity contribution in [2.75, 3.05) is 47.3 Å². The number of allylic oxidation sites excluding steroid dienone is 1. The number of carbonyl (C=O) groups is 2. The molecule has 0 unspecified atom stereocenters. The Hall–Kier alpha value is -1.56. The predicted octanol–water partition coefficient (Wildman–Crippen LogP) is 8.22. The molecule has 0 aromatic rings. The van der Waals surface area contributed by atoms with Crippen LogP contribution in [0.15, 0.2) is 12.3 Å². The van der Waals surface area contributed by atoms with Crippen molar-refractivity contribution in [3.63, 3.8) is 0 Å². The van der Waals surface area contributed by atoms with Crippen molar-refractivity contribution in [3.8, 4) is 0 Å². The van der Waals surface area contributed by atoms with E-state index in [4.69, 9.17) is 0 Å². The standard InChI is InChI=1S/C35H70N4O2/c1-6-7-8-9-10-11-12-13-14-15-16-17-18-19-20-21-22-23-24-26-35(41)39(5)32-30-37-34(40)28-27-33(2)36-29-25-31-38(3)4/h36H,2,6-32H2,1,3-5H3,(H,37,40). The van der Waals surface area contributed by atoms with E-state index >= 15 is 0 Å². The zero-order valence-electron chi connectivity index (χ0n) is 28.0. The van der Waals surface area contributed by atoms with Crippen LogP contribution >= 0.6 is 0 Å². The average Bonchev–Trinajstić information content (AvgIpc) is 2.95. The first-order valence-electron chi connectivity index (χ1n) is 17.4. The van der Waals surface area contributed by atoms with E-state index in [1.165, 1.54) is 109 Å². The Morgan fingerprint density at radius 1 is 0.537 bits per heavy atom. The van der Waals surface area contributed by atoms with Crippen LogP contribution in [0.5, 0.6) is 0 Å². The van der Waals surface area contributed by atoms with Gasteiger partial charge in [0.2, 0.25) is 11.8 Å². The average molecular weight is 579 g/mol. The fourth-order valence-electron chi connectivity index (χ4n) is 5.13. The Morgan fingerprint density at radius 2 is 1.00 bits per heavy atom. The molecule has 0 rings (SSSR count). The summed E-state index contributed by atoms with van der Waals surface area (Å²) in [5, 5.41) is 6.21. The van der Waals surface area contributed by atoms with E-state index < -0.39 is 0 Å². The van der Waals surface area contributed by atoms with Crippen molar-refractivity contribution >= 4 is 11.8 Å². The van der Waals surface area contributed by atoms with Gasteiger partial charge in [-0.05, 0) is 39.9 Å². The molecule has 0 radical (unpaired) electrons. The quantitative estimate of drug-likeness (QED) is 0.0814. The van der Waals surface area contributed by atoms with Gasteiger partial charge < -0.3 is 20.4 Å². The summed E-state index contributed by atoms with van der Waals surface area (Å²) in [6.07, 6.45) is 28.6. The second-order valence-electron chi connectivity index (χ2n) is 12.5. The fraction of sp³-hybridized carbons (Fsp3) is 0.886. The highest BCUT2D eigenvalue weighted by molar-refractivity contribution is 5.77. The lowest BCUT2D eigenvalue weighted by Gasteiger charge is -2.17. The van der Waals surface area contributed by atoms with E-state index in [0.29, 0.717) is 32.4 Å². The predicted molar refractivity (Wildman–Crippen MR) is 178 cm³/mol. The van der Waals surface area contributed by atoms with E-state index in [1.54, 1.807) is 4.90 Å². The molecule has 2 amide bonds. The van der Waals surface area contributed by atoms with Gasteiger partial charge >= 0.3 is 0 Å². The van der Waals surface area contributed by atoms with Gasteiger partial charge in [0.25, 0.3) is 0 Å². The first-order chi connectivity index (χ1) is 19.9. The summed E-state index contributed by atoms with van der Waals surface area (Å²) >= 11 is 0. The van der Waals surface area contributed by atoms with Gasteiger partial charge in [0.05, 0.1) is 0 Å². The van der Waals surface area contributed by atoms with Gasteiger partial charge in [0.15, 0.2) is 0 Å². The van der Waals surface area contributed by atoms with Crippen LogP contribution in [0.2, 0.25) is 0 Å². The third kappa shape index (κ3) is 29.7. The van der Waals surface area contributed by atoms with Crippen LogP contribution in [0.1, 0.15) is 155 Å². The molecule has 0 aromatic carbocycles. The molecule has 0 aliphatic rings. The number of hydrogen-bond acceptors (Lipinski definition) is 4. The second-order valence-corrected chi connectivity index (χ2v) is 12.5. The Balaban J connectivity index is 3.45. The molecule has 0 saturated heterocycles. The summed E-state index contributed by atoms with van der Waals surface area (Å²) in [7, 11) is 5.96. The van der Waals surface area contributed by atoms with Gasteiger partial charge in [0.1, 0.15) is 0 Å². The Bertz CT molecular complexity index is 623. The smallest absolute Gasteiger partial charge is 0.222 e. The lowest BCUT2D eigenvalue weighted by atomic mass is 10.0. The highest BCUT2D eigenvalue weighted by Crippen LogP contribution is 2.15. The molecule has 0 heterocycles. The number of unbranched alkanes of at least 4 members (excludes halogenated alkanes) is 18. The van der Waals surface area contributed by atoms with Crippen molar-refractivity contribution < 1.29 is 9.59 Å². The third-order valence-corrected chi connectivity index (χ3v) is 8.00. The van der Waals surface area contributed by atoms with Crippen molar-refractivity contribution in [1.29, 1.82) is 0 Å². The molecule has 0 fully saturated rings. The molecular formula is C35H70N4O2. The molecule has 41 heavy (non-hydrogen) atoms. The Kier molecular flexibility index (Phi) is 28.8. The summed E-state index contributed by atoms with van der Waals surface area (Å²) in [5.41, 5.74) is 0.908. The SMILES string of the molecule is C=C(CCC(=O)NCCN(C)C(=O)CCCCCCCCCCCCCCCCCCCCC)NCCCN(C)C. The number of hydrogen-bond donors (Lipinski definition) is 2. The van der Waals surface area contributed by atoms with Crippen LogP contribution in [0, 0.1) is 0 Å². The fourth-order valence-corrected chi connectivity index (χ4v) is 5.13. The van der Waals surface area contributed by atoms with Crippen molar-refractivity contribution in [1.82, 2.24) is 20.4 Å². The van der Waals surface area contributed by atoms with E-state index in [9.17, 15) is 9.59 Å². The summed E-state index contributed by atoms with van der Waals surface area (Å²) in [6.45, 7) is 9.27. The van der Waals surface area contributed by atoms with Gasteiger partial charge in [-0.15, -0.1) is 0 Å². The zero-order valence-corrected chi connectivity index (χ0v) is 28.0. The molecule has 0 aliphatic carbocycles. The summed E-state index contributed by atoms with van der Waals surface area (Å²) in [6, 6.07) is 0. The molecule has 0 spiro atoms. The highest BCUT2D eigenvalue weighted by Gasteiger charge is 2.09. The number of carbonyl (C=O) groups excluding carboxylic acids is 2. The molecule has 0 aliphatic heterocycles. The Morgan fingerprint density at radius 3 is 1.46 bits per heavy atom. The molecule has 0 atom stereocenters. The summed E-state index contributed by atoms with van der Waals surface area (Å²) < 4.78 is 0. The molecule has 0 saturated carbocycles. The lowest BCUT2D eigenvalue weighted by Crippen LogP contribution is -2.36. The van der Waals surface area contributed by atoms with Crippen LogP contribution < -0.4 is 10.6 Å². The molecule has 242 valence electrons.